The molecular weight excluding hydrogens is 298 g/mol. The highest BCUT2D eigenvalue weighted by atomic mass is 16.2. The summed E-state index contributed by atoms with van der Waals surface area (Å²) in [6.45, 7) is 4.32. The van der Waals surface area contributed by atoms with E-state index < -0.39 is 0 Å². The monoisotopic (exact) mass is 319 g/mol. The van der Waals surface area contributed by atoms with Crippen molar-refractivity contribution in [3.63, 3.8) is 0 Å². The number of fused-ring (bicyclic) bond motifs is 5. The molecule has 1 aromatic carbocycles. The first kappa shape index (κ1) is 14.2. The molecule has 1 saturated heterocycles. The molecule has 0 aromatic heterocycles. The third-order valence-corrected chi connectivity index (χ3v) is 6.69. The highest BCUT2D eigenvalue weighted by Gasteiger charge is 2.59. The van der Waals surface area contributed by atoms with Crippen molar-refractivity contribution in [1.29, 1.82) is 0 Å². The lowest BCUT2D eigenvalue weighted by Crippen LogP contribution is -2.37. The second-order valence-corrected chi connectivity index (χ2v) is 7.72. The van der Waals surface area contributed by atoms with Gasteiger partial charge in [-0.3, -0.25) is 14.5 Å². The topological polar surface area (TPSA) is 37.4 Å². The Morgan fingerprint density at radius 3 is 1.83 bits per heavy atom. The Labute approximate surface area is 142 Å². The summed E-state index contributed by atoms with van der Waals surface area (Å²) in [6, 6.07) is 9.39. The maximum Gasteiger partial charge on any atom is 0.238 e. The van der Waals surface area contributed by atoms with Gasteiger partial charge in [-0.05, 0) is 42.2 Å². The number of hydrogen-bond acceptors (Lipinski definition) is 2. The van der Waals surface area contributed by atoms with Crippen LogP contribution in [0.3, 0.4) is 0 Å². The zero-order valence-corrected chi connectivity index (χ0v) is 14.0. The lowest BCUT2D eigenvalue weighted by atomic mass is 9.63. The molecule has 3 heteroatoms. The fourth-order valence-electron chi connectivity index (χ4n) is 5.77. The van der Waals surface area contributed by atoms with Crippen molar-refractivity contribution in [3.05, 3.63) is 53.6 Å². The molecule has 1 fully saturated rings. The van der Waals surface area contributed by atoms with Gasteiger partial charge in [-0.15, -0.1) is 0 Å². The summed E-state index contributed by atoms with van der Waals surface area (Å²) in [5.74, 6) is 0.938. The van der Waals surface area contributed by atoms with Crippen molar-refractivity contribution in [2.75, 3.05) is 4.90 Å². The second-order valence-electron chi connectivity index (χ2n) is 7.72. The third-order valence-electron chi connectivity index (χ3n) is 6.69. The van der Waals surface area contributed by atoms with E-state index >= 15 is 0 Å². The van der Waals surface area contributed by atoms with E-state index in [1.54, 1.807) is 0 Å². The number of allylic oxidation sites excluding steroid dienone is 4. The maximum atomic E-state index is 13.2. The van der Waals surface area contributed by atoms with Crippen LogP contribution >= 0.6 is 0 Å². The number of carbonyl (C=O) groups excluding carboxylic acids is 2. The van der Waals surface area contributed by atoms with E-state index in [0.29, 0.717) is 17.5 Å². The molecule has 5 rings (SSSR count). The molecule has 2 bridgehead atoms. The van der Waals surface area contributed by atoms with Crippen LogP contribution in [-0.2, 0) is 9.59 Å². The molecule has 0 unspecified atom stereocenters. The van der Waals surface area contributed by atoms with Gasteiger partial charge >= 0.3 is 0 Å². The smallest absolute Gasteiger partial charge is 0.238 e. The summed E-state index contributed by atoms with van der Waals surface area (Å²) in [5.41, 5.74) is 3.64. The molecule has 1 aliphatic heterocycles. The number of imide groups is 1. The van der Waals surface area contributed by atoms with Crippen molar-refractivity contribution in [2.45, 2.75) is 20.3 Å². The molecule has 0 N–H and O–H groups in total. The van der Waals surface area contributed by atoms with Gasteiger partial charge in [0.15, 0.2) is 0 Å². The largest absolute Gasteiger partial charge is 0.274 e. The van der Waals surface area contributed by atoms with Crippen molar-refractivity contribution in [2.24, 2.45) is 35.5 Å². The molecule has 0 saturated carbocycles. The van der Waals surface area contributed by atoms with E-state index in [-0.39, 0.29) is 35.5 Å². The van der Waals surface area contributed by atoms with Gasteiger partial charge in [0.2, 0.25) is 11.8 Å². The average Bonchev–Trinajstić information content (AvgIpc) is 3.26. The average molecular weight is 319 g/mol. The van der Waals surface area contributed by atoms with Crippen LogP contribution in [-0.4, -0.2) is 11.8 Å². The van der Waals surface area contributed by atoms with Crippen molar-refractivity contribution >= 4 is 17.5 Å². The zero-order chi connectivity index (χ0) is 16.6. The van der Waals surface area contributed by atoms with Crippen LogP contribution in [0.15, 0.2) is 53.6 Å². The first-order valence-electron chi connectivity index (χ1n) is 8.94. The lowest BCUT2D eigenvalue weighted by Gasteiger charge is -2.38. The predicted molar refractivity (Wildman–Crippen MR) is 92.0 cm³/mol. The Morgan fingerprint density at radius 1 is 0.833 bits per heavy atom. The first-order chi connectivity index (χ1) is 11.6. The second kappa shape index (κ2) is 4.69. The number of anilines is 1. The van der Waals surface area contributed by atoms with Gasteiger partial charge in [0.1, 0.15) is 0 Å². The minimum Gasteiger partial charge on any atom is -0.274 e. The van der Waals surface area contributed by atoms with E-state index in [0.717, 1.165) is 6.42 Å². The first-order valence-corrected chi connectivity index (χ1v) is 8.94. The van der Waals surface area contributed by atoms with Gasteiger partial charge in [0, 0.05) is 0 Å². The van der Waals surface area contributed by atoms with Gasteiger partial charge in [0.05, 0.1) is 17.5 Å². The van der Waals surface area contributed by atoms with Crippen LogP contribution in [0.5, 0.6) is 0 Å². The van der Waals surface area contributed by atoms with Gasteiger partial charge in [-0.25, -0.2) is 0 Å². The van der Waals surface area contributed by atoms with Gasteiger partial charge < -0.3 is 0 Å². The van der Waals surface area contributed by atoms with Crippen LogP contribution in [0.2, 0.25) is 0 Å². The van der Waals surface area contributed by atoms with Crippen LogP contribution in [0, 0.1) is 35.5 Å². The Balaban J connectivity index is 1.60. The number of carbonyl (C=O) groups is 2. The molecular formula is C21H21NO2. The number of rotatable bonds is 1. The van der Waals surface area contributed by atoms with Gasteiger partial charge in [0.25, 0.3) is 0 Å². The minimum atomic E-state index is -0.195. The quantitative estimate of drug-likeness (QED) is 0.586. The SMILES string of the molecule is C[C@@H]1C2=C([C@@H](C)[C@H]3C(=O)N(c4ccccc4)C(=O)[C@H]31)[C@H]1C=C[C@H]2C1. The van der Waals surface area contributed by atoms with Crippen LogP contribution in [0.1, 0.15) is 20.3 Å². The molecule has 3 aliphatic carbocycles. The van der Waals surface area contributed by atoms with Crippen LogP contribution in [0.4, 0.5) is 5.69 Å². The van der Waals surface area contributed by atoms with Gasteiger partial charge in [-0.2, -0.15) is 0 Å². The molecule has 1 heterocycles. The molecule has 1 aromatic rings. The normalized spacial score (nSPS) is 39.7. The predicted octanol–water partition coefficient (Wildman–Crippen LogP) is 3.58. The summed E-state index contributed by atoms with van der Waals surface area (Å²) in [5, 5.41) is 0. The lowest BCUT2D eigenvalue weighted by molar-refractivity contribution is -0.122. The Bertz CT molecular complexity index is 760. The van der Waals surface area contributed by atoms with E-state index in [1.165, 1.54) is 16.0 Å². The van der Waals surface area contributed by atoms with Gasteiger partial charge in [-0.1, -0.05) is 55.3 Å². The van der Waals surface area contributed by atoms with Crippen molar-refractivity contribution in [3.8, 4) is 0 Å². The number of benzene rings is 1. The summed E-state index contributed by atoms with van der Waals surface area (Å²) in [6.07, 6.45) is 5.77. The molecule has 4 aliphatic rings. The molecule has 0 spiro atoms. The van der Waals surface area contributed by atoms with Crippen molar-refractivity contribution < 1.29 is 9.59 Å². The third kappa shape index (κ3) is 1.58. The maximum absolute atomic E-state index is 13.2. The van der Waals surface area contributed by atoms with E-state index in [1.807, 2.05) is 30.3 Å². The molecule has 2 amide bonds. The summed E-state index contributed by atoms with van der Waals surface area (Å²) in [7, 11) is 0. The molecule has 24 heavy (non-hydrogen) atoms. The molecule has 6 atom stereocenters. The Hall–Kier alpha value is -2.16. The highest BCUT2D eigenvalue weighted by molar-refractivity contribution is 6.22. The van der Waals surface area contributed by atoms with Crippen LogP contribution < -0.4 is 4.90 Å². The van der Waals surface area contributed by atoms with Crippen molar-refractivity contribution in [1.82, 2.24) is 0 Å². The standard InChI is InChI=1S/C21H21NO2/c1-11-16-13-8-9-14(10-13)17(16)12(2)19-18(11)20(23)22(21(19)24)15-6-4-3-5-7-15/h3-9,11-14,18-19H,10H2,1-2H3/t11-,12-,13+,14+,18-,19+/m1/s1. The fourth-order valence-corrected chi connectivity index (χ4v) is 5.77. The van der Waals surface area contributed by atoms with E-state index in [9.17, 15) is 9.59 Å². The number of amides is 2. The number of hydrogen-bond donors (Lipinski definition) is 0. The minimum absolute atomic E-state index is 0.00569. The molecule has 0 radical (unpaired) electrons. The van der Waals surface area contributed by atoms with E-state index in [4.69, 9.17) is 0 Å². The Morgan fingerprint density at radius 2 is 1.33 bits per heavy atom. The number of para-hydroxylation sites is 1. The van der Waals surface area contributed by atoms with Crippen LogP contribution in [0.25, 0.3) is 0 Å². The highest BCUT2D eigenvalue weighted by Crippen LogP contribution is 2.58. The Kier molecular flexibility index (Phi) is 2.77. The molecule has 122 valence electrons. The summed E-state index contributed by atoms with van der Waals surface area (Å²) in [4.78, 5) is 27.8. The van der Waals surface area contributed by atoms with E-state index in [2.05, 4.69) is 26.0 Å². The fraction of sp³-hybridized carbons (Fsp3) is 0.429. The summed E-state index contributed by atoms with van der Waals surface area (Å²) >= 11 is 0. The zero-order valence-electron chi connectivity index (χ0n) is 14.0. The number of nitrogens with zero attached hydrogens (tertiary/aromatic N) is 1. The molecule has 3 nitrogen and oxygen atoms in total. The summed E-state index contributed by atoms with van der Waals surface area (Å²) < 4.78 is 0.